The second-order valence-electron chi connectivity index (χ2n) is 6.13. The molecule has 0 radical (unpaired) electrons. The Morgan fingerprint density at radius 2 is 2.04 bits per heavy atom. The molecule has 0 aliphatic carbocycles. The molecule has 3 rings (SSSR count). The Hall–Kier alpha value is -2.53. The molecule has 1 atom stereocenters. The standard InChI is InChI=1S/C19H21NO4/c1-12-5-3-4-6-16(12)14-9-15-11-20(13(2)19(22)23)7-8-24-18(15)17(21)10-14/h3-6,9-10,13,21H,7-8,11H2,1-2H3,(H,22,23). The average Bonchev–Trinajstić information content (AvgIpc) is 2.77. The monoisotopic (exact) mass is 327 g/mol. The van der Waals surface area contributed by atoms with E-state index in [1.54, 1.807) is 13.0 Å². The smallest absolute Gasteiger partial charge is 0.320 e. The van der Waals surface area contributed by atoms with Crippen LogP contribution in [0.15, 0.2) is 36.4 Å². The molecule has 5 heteroatoms. The number of phenolic OH excluding ortho intramolecular Hbond substituents is 1. The number of hydrogen-bond donors (Lipinski definition) is 2. The van der Waals surface area contributed by atoms with Gasteiger partial charge in [-0.3, -0.25) is 9.69 Å². The summed E-state index contributed by atoms with van der Waals surface area (Å²) in [6.45, 7) is 4.96. The first-order valence-corrected chi connectivity index (χ1v) is 7.99. The Bertz CT molecular complexity index is 772. The van der Waals surface area contributed by atoms with Gasteiger partial charge in [-0.05, 0) is 42.7 Å². The number of phenols is 1. The fourth-order valence-corrected chi connectivity index (χ4v) is 3.06. The summed E-state index contributed by atoms with van der Waals surface area (Å²) < 4.78 is 5.68. The quantitative estimate of drug-likeness (QED) is 0.907. The maximum Gasteiger partial charge on any atom is 0.320 e. The molecule has 0 saturated heterocycles. The maximum atomic E-state index is 11.3. The number of aryl methyl sites for hydroxylation is 1. The van der Waals surface area contributed by atoms with Crippen molar-refractivity contribution in [3.05, 3.63) is 47.5 Å². The highest BCUT2D eigenvalue weighted by molar-refractivity contribution is 5.73. The number of carboxylic acids is 1. The molecule has 24 heavy (non-hydrogen) atoms. The van der Waals surface area contributed by atoms with Crippen molar-refractivity contribution in [2.24, 2.45) is 0 Å². The van der Waals surface area contributed by atoms with E-state index in [1.165, 1.54) is 0 Å². The Balaban J connectivity index is 2.03. The lowest BCUT2D eigenvalue weighted by Gasteiger charge is -2.23. The third-order valence-corrected chi connectivity index (χ3v) is 4.51. The minimum atomic E-state index is -0.863. The van der Waals surface area contributed by atoms with Crippen LogP contribution in [0.25, 0.3) is 11.1 Å². The van der Waals surface area contributed by atoms with Gasteiger partial charge < -0.3 is 14.9 Å². The molecular weight excluding hydrogens is 306 g/mol. The number of aromatic hydroxyl groups is 1. The van der Waals surface area contributed by atoms with E-state index in [2.05, 4.69) is 0 Å². The lowest BCUT2D eigenvalue weighted by molar-refractivity contribution is -0.142. The molecule has 0 fully saturated rings. The van der Waals surface area contributed by atoms with Crippen molar-refractivity contribution in [1.29, 1.82) is 0 Å². The summed E-state index contributed by atoms with van der Waals surface area (Å²) in [6.07, 6.45) is 0. The van der Waals surface area contributed by atoms with Gasteiger partial charge in [0.1, 0.15) is 12.6 Å². The lowest BCUT2D eigenvalue weighted by atomic mass is 9.97. The molecule has 0 bridgehead atoms. The zero-order valence-corrected chi connectivity index (χ0v) is 13.8. The van der Waals surface area contributed by atoms with Crippen LogP contribution >= 0.6 is 0 Å². The number of carboxylic acid groups (broad SMARTS) is 1. The zero-order valence-electron chi connectivity index (χ0n) is 13.8. The summed E-state index contributed by atoms with van der Waals surface area (Å²) in [5.74, 6) is -0.319. The Morgan fingerprint density at radius 3 is 2.75 bits per heavy atom. The van der Waals surface area contributed by atoms with Crippen molar-refractivity contribution in [2.45, 2.75) is 26.4 Å². The molecule has 0 aromatic heterocycles. The van der Waals surface area contributed by atoms with Crippen LogP contribution in [-0.2, 0) is 11.3 Å². The van der Waals surface area contributed by atoms with E-state index in [-0.39, 0.29) is 5.75 Å². The average molecular weight is 327 g/mol. The van der Waals surface area contributed by atoms with Gasteiger partial charge in [0.2, 0.25) is 0 Å². The minimum Gasteiger partial charge on any atom is -0.504 e. The van der Waals surface area contributed by atoms with Crippen molar-refractivity contribution in [3.8, 4) is 22.6 Å². The highest BCUT2D eigenvalue weighted by Gasteiger charge is 2.26. The summed E-state index contributed by atoms with van der Waals surface area (Å²) in [6, 6.07) is 11.0. The number of fused-ring (bicyclic) bond motifs is 1. The predicted molar refractivity (Wildman–Crippen MR) is 91.3 cm³/mol. The van der Waals surface area contributed by atoms with E-state index in [0.717, 1.165) is 22.3 Å². The maximum absolute atomic E-state index is 11.3. The molecule has 0 saturated carbocycles. The van der Waals surface area contributed by atoms with Gasteiger partial charge in [0.25, 0.3) is 0 Å². The molecule has 2 aromatic carbocycles. The van der Waals surface area contributed by atoms with Gasteiger partial charge in [-0.2, -0.15) is 0 Å². The molecule has 1 unspecified atom stereocenters. The third kappa shape index (κ3) is 3.08. The van der Waals surface area contributed by atoms with E-state index in [1.807, 2.05) is 42.2 Å². The van der Waals surface area contributed by atoms with E-state index in [4.69, 9.17) is 4.74 Å². The first kappa shape index (κ1) is 16.3. The first-order chi connectivity index (χ1) is 11.5. The fourth-order valence-electron chi connectivity index (χ4n) is 3.06. The summed E-state index contributed by atoms with van der Waals surface area (Å²) in [7, 11) is 0. The zero-order chi connectivity index (χ0) is 17.3. The molecule has 1 heterocycles. The number of aliphatic carboxylic acids is 1. The summed E-state index contributed by atoms with van der Waals surface area (Å²) >= 11 is 0. The summed E-state index contributed by atoms with van der Waals surface area (Å²) in [4.78, 5) is 13.1. The van der Waals surface area contributed by atoms with Gasteiger partial charge in [0.05, 0.1) is 0 Å². The number of hydrogen-bond acceptors (Lipinski definition) is 4. The van der Waals surface area contributed by atoms with Crippen molar-refractivity contribution in [1.82, 2.24) is 4.90 Å². The molecule has 0 spiro atoms. The fraction of sp³-hybridized carbons (Fsp3) is 0.316. The molecule has 2 aromatic rings. The largest absolute Gasteiger partial charge is 0.504 e. The van der Waals surface area contributed by atoms with Gasteiger partial charge in [-0.1, -0.05) is 24.3 Å². The molecule has 1 aliphatic rings. The van der Waals surface area contributed by atoms with Gasteiger partial charge >= 0.3 is 5.97 Å². The topological polar surface area (TPSA) is 70.0 Å². The van der Waals surface area contributed by atoms with Crippen LogP contribution < -0.4 is 4.74 Å². The predicted octanol–water partition coefficient (Wildman–Crippen LogP) is 3.04. The lowest BCUT2D eigenvalue weighted by Crippen LogP contribution is -2.39. The van der Waals surface area contributed by atoms with Crippen LogP contribution in [0.1, 0.15) is 18.1 Å². The summed E-state index contributed by atoms with van der Waals surface area (Å²) in [5, 5.41) is 19.7. The van der Waals surface area contributed by atoms with Crippen molar-refractivity contribution < 1.29 is 19.7 Å². The van der Waals surface area contributed by atoms with E-state index in [9.17, 15) is 15.0 Å². The molecule has 5 nitrogen and oxygen atoms in total. The van der Waals surface area contributed by atoms with Crippen molar-refractivity contribution in [3.63, 3.8) is 0 Å². The van der Waals surface area contributed by atoms with E-state index >= 15 is 0 Å². The van der Waals surface area contributed by atoms with Crippen LogP contribution in [0.4, 0.5) is 0 Å². The van der Waals surface area contributed by atoms with E-state index in [0.29, 0.717) is 25.4 Å². The number of carbonyl (C=O) groups is 1. The highest BCUT2D eigenvalue weighted by Crippen LogP contribution is 2.38. The molecule has 1 aliphatic heterocycles. The minimum absolute atomic E-state index is 0.0931. The number of benzene rings is 2. The first-order valence-electron chi connectivity index (χ1n) is 7.99. The van der Waals surface area contributed by atoms with Crippen LogP contribution in [-0.4, -0.2) is 40.3 Å². The van der Waals surface area contributed by atoms with Crippen LogP contribution in [0, 0.1) is 6.92 Å². The molecular formula is C19H21NO4. The number of nitrogens with zero attached hydrogens (tertiary/aromatic N) is 1. The number of ether oxygens (including phenoxy) is 1. The van der Waals surface area contributed by atoms with Crippen LogP contribution in [0.5, 0.6) is 11.5 Å². The van der Waals surface area contributed by atoms with Crippen molar-refractivity contribution >= 4 is 5.97 Å². The Labute approximate surface area is 141 Å². The normalized spacial score (nSPS) is 15.9. The molecule has 0 amide bonds. The molecule has 126 valence electrons. The molecule has 2 N–H and O–H groups in total. The second-order valence-corrected chi connectivity index (χ2v) is 6.13. The van der Waals surface area contributed by atoms with Gasteiger partial charge in [0.15, 0.2) is 11.5 Å². The number of rotatable bonds is 3. The van der Waals surface area contributed by atoms with Crippen LogP contribution in [0.3, 0.4) is 0 Å². The van der Waals surface area contributed by atoms with Crippen LogP contribution in [0.2, 0.25) is 0 Å². The van der Waals surface area contributed by atoms with Crippen molar-refractivity contribution in [2.75, 3.05) is 13.2 Å². The Morgan fingerprint density at radius 1 is 1.29 bits per heavy atom. The SMILES string of the molecule is Cc1ccccc1-c1cc(O)c2c(c1)CN(C(C)C(=O)O)CCO2. The highest BCUT2D eigenvalue weighted by atomic mass is 16.5. The summed E-state index contributed by atoms with van der Waals surface area (Å²) in [5.41, 5.74) is 3.86. The van der Waals surface area contributed by atoms with Gasteiger partial charge in [0, 0.05) is 18.7 Å². The third-order valence-electron chi connectivity index (χ3n) is 4.51. The van der Waals surface area contributed by atoms with Gasteiger partial charge in [-0.25, -0.2) is 0 Å². The Kier molecular flexibility index (Phi) is 4.44. The van der Waals surface area contributed by atoms with Gasteiger partial charge in [-0.15, -0.1) is 0 Å². The second kappa shape index (κ2) is 6.53. The van der Waals surface area contributed by atoms with E-state index < -0.39 is 12.0 Å².